The van der Waals surface area contributed by atoms with Crippen molar-refractivity contribution >= 4 is 12.0 Å². The van der Waals surface area contributed by atoms with Gasteiger partial charge in [0, 0.05) is 25.6 Å². The molecule has 5 nitrogen and oxygen atoms in total. The first-order chi connectivity index (χ1) is 8.09. The van der Waals surface area contributed by atoms with E-state index in [4.69, 9.17) is 5.11 Å². The fourth-order valence-electron chi connectivity index (χ4n) is 1.99. The Morgan fingerprint density at radius 1 is 1.24 bits per heavy atom. The number of rotatable bonds is 4. The highest BCUT2D eigenvalue weighted by Crippen LogP contribution is 2.10. The molecule has 0 aromatic rings. The molecular formula is C12H22N2O3. The Morgan fingerprint density at radius 3 is 2.35 bits per heavy atom. The molecule has 1 aliphatic rings. The third-order valence-electron chi connectivity index (χ3n) is 3.05. The number of carboxylic acids is 1. The van der Waals surface area contributed by atoms with Gasteiger partial charge in [-0.1, -0.05) is 12.8 Å². The summed E-state index contributed by atoms with van der Waals surface area (Å²) in [6.07, 6.45) is 5.10. The van der Waals surface area contributed by atoms with Crippen LogP contribution in [0.5, 0.6) is 0 Å². The van der Waals surface area contributed by atoms with E-state index >= 15 is 0 Å². The third kappa shape index (κ3) is 5.56. The van der Waals surface area contributed by atoms with Crippen LogP contribution >= 0.6 is 0 Å². The molecule has 0 aromatic carbocycles. The van der Waals surface area contributed by atoms with Crippen molar-refractivity contribution in [2.24, 2.45) is 0 Å². The maximum absolute atomic E-state index is 11.9. The summed E-state index contributed by atoms with van der Waals surface area (Å²) >= 11 is 0. The molecule has 0 radical (unpaired) electrons. The van der Waals surface area contributed by atoms with Gasteiger partial charge in [-0.25, -0.2) is 4.79 Å². The normalized spacial score (nSPS) is 18.3. The van der Waals surface area contributed by atoms with Gasteiger partial charge < -0.3 is 15.3 Å². The van der Waals surface area contributed by atoms with Crippen LogP contribution in [0.15, 0.2) is 0 Å². The maximum atomic E-state index is 11.9. The molecule has 2 amide bonds. The molecule has 1 unspecified atom stereocenters. The summed E-state index contributed by atoms with van der Waals surface area (Å²) in [6.45, 7) is 3.48. The molecule has 0 spiro atoms. The molecule has 0 aliphatic carbocycles. The van der Waals surface area contributed by atoms with Crippen LogP contribution in [0, 0.1) is 0 Å². The number of aliphatic carboxylic acids is 1. The highest BCUT2D eigenvalue weighted by molar-refractivity contribution is 5.74. The molecule has 98 valence electrons. The van der Waals surface area contributed by atoms with E-state index in [0.29, 0.717) is 6.42 Å². The Bertz CT molecular complexity index is 260. The number of carboxylic acid groups (broad SMARTS) is 1. The van der Waals surface area contributed by atoms with Crippen molar-refractivity contribution in [3.05, 3.63) is 0 Å². The van der Waals surface area contributed by atoms with E-state index in [2.05, 4.69) is 5.32 Å². The lowest BCUT2D eigenvalue weighted by atomic mass is 10.2. The van der Waals surface area contributed by atoms with Crippen LogP contribution in [0.25, 0.3) is 0 Å². The first-order valence-corrected chi connectivity index (χ1v) is 6.37. The predicted octanol–water partition coefficient (Wildman–Crippen LogP) is 1.83. The summed E-state index contributed by atoms with van der Waals surface area (Å²) in [5.41, 5.74) is 0. The fourth-order valence-corrected chi connectivity index (χ4v) is 1.99. The minimum absolute atomic E-state index is 0.0511. The van der Waals surface area contributed by atoms with E-state index < -0.39 is 5.97 Å². The van der Waals surface area contributed by atoms with Crippen LogP contribution < -0.4 is 5.32 Å². The van der Waals surface area contributed by atoms with Gasteiger partial charge in [0.25, 0.3) is 0 Å². The molecule has 1 rings (SSSR count). The average molecular weight is 242 g/mol. The summed E-state index contributed by atoms with van der Waals surface area (Å²) in [6, 6.07) is -0.133. The minimum Gasteiger partial charge on any atom is -0.481 e. The number of hydrogen-bond donors (Lipinski definition) is 2. The fraction of sp³-hybridized carbons (Fsp3) is 0.833. The molecule has 5 heteroatoms. The zero-order valence-corrected chi connectivity index (χ0v) is 10.4. The number of hydrogen-bond acceptors (Lipinski definition) is 2. The van der Waals surface area contributed by atoms with E-state index in [1.54, 1.807) is 0 Å². The summed E-state index contributed by atoms with van der Waals surface area (Å²) in [5, 5.41) is 11.4. The molecule has 0 aromatic heterocycles. The van der Waals surface area contributed by atoms with E-state index in [-0.39, 0.29) is 18.5 Å². The van der Waals surface area contributed by atoms with E-state index in [9.17, 15) is 9.59 Å². The summed E-state index contributed by atoms with van der Waals surface area (Å²) in [5.74, 6) is -0.819. The smallest absolute Gasteiger partial charge is 0.317 e. The van der Waals surface area contributed by atoms with Crippen LogP contribution in [0.2, 0.25) is 0 Å². The molecule has 2 N–H and O–H groups in total. The van der Waals surface area contributed by atoms with Crippen molar-refractivity contribution in [1.82, 2.24) is 10.2 Å². The van der Waals surface area contributed by atoms with Gasteiger partial charge in [0.2, 0.25) is 0 Å². The molecule has 1 fully saturated rings. The van der Waals surface area contributed by atoms with Crippen molar-refractivity contribution in [3.63, 3.8) is 0 Å². The van der Waals surface area contributed by atoms with Crippen LogP contribution in [-0.4, -0.2) is 41.1 Å². The van der Waals surface area contributed by atoms with Crippen molar-refractivity contribution < 1.29 is 14.7 Å². The number of nitrogens with one attached hydrogen (secondary N) is 1. The Balaban J connectivity index is 2.28. The minimum atomic E-state index is -0.819. The molecule has 1 heterocycles. The first-order valence-electron chi connectivity index (χ1n) is 6.37. The number of urea groups is 1. The number of amides is 2. The van der Waals surface area contributed by atoms with Gasteiger partial charge >= 0.3 is 12.0 Å². The number of carbonyl (C=O) groups excluding carboxylic acids is 1. The van der Waals surface area contributed by atoms with E-state index in [1.807, 2.05) is 11.8 Å². The first kappa shape index (κ1) is 13.8. The van der Waals surface area contributed by atoms with Crippen LogP contribution in [0.3, 0.4) is 0 Å². The SMILES string of the molecule is CC(CCC(=O)O)NC(=O)N1CCCCCC1. The van der Waals surface area contributed by atoms with Gasteiger partial charge in [-0.3, -0.25) is 4.79 Å². The molecule has 0 saturated carbocycles. The molecular weight excluding hydrogens is 220 g/mol. The van der Waals surface area contributed by atoms with Crippen LogP contribution in [0.4, 0.5) is 4.79 Å². The lowest BCUT2D eigenvalue weighted by Crippen LogP contribution is -2.44. The number of nitrogens with zero attached hydrogens (tertiary/aromatic N) is 1. The van der Waals surface area contributed by atoms with Gasteiger partial charge in [-0.05, 0) is 26.2 Å². The highest BCUT2D eigenvalue weighted by atomic mass is 16.4. The van der Waals surface area contributed by atoms with Crippen molar-refractivity contribution in [2.45, 2.75) is 51.5 Å². The standard InChI is InChI=1S/C12H22N2O3/c1-10(6-7-11(15)16)13-12(17)14-8-4-2-3-5-9-14/h10H,2-9H2,1H3,(H,13,17)(H,15,16). The highest BCUT2D eigenvalue weighted by Gasteiger charge is 2.17. The third-order valence-corrected chi connectivity index (χ3v) is 3.05. The topological polar surface area (TPSA) is 69.6 Å². The summed E-state index contributed by atoms with van der Waals surface area (Å²) < 4.78 is 0. The molecule has 0 bridgehead atoms. The van der Waals surface area contributed by atoms with Gasteiger partial charge in [0.1, 0.15) is 0 Å². The second kappa shape index (κ2) is 7.14. The van der Waals surface area contributed by atoms with Gasteiger partial charge in [-0.2, -0.15) is 0 Å². The van der Waals surface area contributed by atoms with Gasteiger partial charge in [-0.15, -0.1) is 0 Å². The number of likely N-dealkylation sites (tertiary alicyclic amines) is 1. The maximum Gasteiger partial charge on any atom is 0.317 e. The van der Waals surface area contributed by atoms with Gasteiger partial charge in [0.05, 0.1) is 0 Å². The largest absolute Gasteiger partial charge is 0.481 e. The Kier molecular flexibility index (Phi) is 5.80. The zero-order valence-electron chi connectivity index (χ0n) is 10.4. The quantitative estimate of drug-likeness (QED) is 0.790. The monoisotopic (exact) mass is 242 g/mol. The Hall–Kier alpha value is -1.26. The lowest BCUT2D eigenvalue weighted by Gasteiger charge is -2.23. The predicted molar refractivity (Wildman–Crippen MR) is 64.9 cm³/mol. The van der Waals surface area contributed by atoms with E-state index in [1.165, 1.54) is 12.8 Å². The average Bonchev–Trinajstić information content (AvgIpc) is 2.54. The molecule has 1 aliphatic heterocycles. The Morgan fingerprint density at radius 2 is 1.82 bits per heavy atom. The van der Waals surface area contributed by atoms with Crippen molar-refractivity contribution in [2.75, 3.05) is 13.1 Å². The second-order valence-electron chi connectivity index (χ2n) is 4.68. The second-order valence-corrected chi connectivity index (χ2v) is 4.68. The van der Waals surface area contributed by atoms with E-state index in [0.717, 1.165) is 25.9 Å². The summed E-state index contributed by atoms with van der Waals surface area (Å²) in [7, 11) is 0. The number of carbonyl (C=O) groups is 2. The molecule has 17 heavy (non-hydrogen) atoms. The van der Waals surface area contributed by atoms with Crippen molar-refractivity contribution in [3.8, 4) is 0 Å². The van der Waals surface area contributed by atoms with Crippen LogP contribution in [0.1, 0.15) is 45.4 Å². The van der Waals surface area contributed by atoms with Crippen molar-refractivity contribution in [1.29, 1.82) is 0 Å². The molecule has 1 atom stereocenters. The Labute approximate surface area is 102 Å². The zero-order chi connectivity index (χ0) is 12.7. The molecule has 1 saturated heterocycles. The summed E-state index contributed by atoms with van der Waals surface area (Å²) in [4.78, 5) is 24.1. The lowest BCUT2D eigenvalue weighted by molar-refractivity contribution is -0.137. The van der Waals surface area contributed by atoms with Gasteiger partial charge in [0.15, 0.2) is 0 Å². The van der Waals surface area contributed by atoms with Crippen LogP contribution in [-0.2, 0) is 4.79 Å².